The van der Waals surface area contributed by atoms with Crippen molar-refractivity contribution in [1.29, 1.82) is 0 Å². The first-order valence-corrected chi connectivity index (χ1v) is 11.9. The summed E-state index contributed by atoms with van der Waals surface area (Å²) in [5.74, 6) is -0.136. The van der Waals surface area contributed by atoms with Gasteiger partial charge in [-0.1, -0.05) is 54.4 Å². The monoisotopic (exact) mass is 434 g/mol. The van der Waals surface area contributed by atoms with Gasteiger partial charge >= 0.3 is 0 Å². The zero-order valence-electron chi connectivity index (χ0n) is 16.7. The largest absolute Gasteiger partial charge is 0.351 e. The predicted molar refractivity (Wildman–Crippen MR) is 116 cm³/mol. The van der Waals surface area contributed by atoms with Crippen LogP contribution in [-0.4, -0.2) is 20.4 Å². The standard InChI is InChI=1S/C22H27ClN2O3S/c1-16(2)25-29(27,28)15-18-7-4-3-6-17(18)14-24-21(26)22(12-5-13-22)19-8-10-20(23)11-9-19/h3-4,6-11,16,25H,5,12-15H2,1-2H3,(H,24,26). The molecule has 156 valence electrons. The van der Waals surface area contributed by atoms with Crippen LogP contribution in [0.5, 0.6) is 0 Å². The second kappa shape index (κ2) is 8.86. The average molecular weight is 435 g/mol. The van der Waals surface area contributed by atoms with Gasteiger partial charge in [-0.05, 0) is 55.5 Å². The van der Waals surface area contributed by atoms with E-state index in [0.717, 1.165) is 30.4 Å². The number of amides is 1. The van der Waals surface area contributed by atoms with Crippen molar-refractivity contribution in [3.63, 3.8) is 0 Å². The minimum absolute atomic E-state index is 0.0240. The SMILES string of the molecule is CC(C)NS(=O)(=O)Cc1ccccc1CNC(=O)C1(c2ccc(Cl)cc2)CCC1. The first-order chi connectivity index (χ1) is 13.7. The third-order valence-electron chi connectivity index (χ3n) is 5.36. The molecule has 2 N–H and O–H groups in total. The Balaban J connectivity index is 1.73. The van der Waals surface area contributed by atoms with E-state index in [9.17, 15) is 13.2 Å². The number of sulfonamides is 1. The predicted octanol–water partition coefficient (Wildman–Crippen LogP) is 3.91. The molecule has 0 aliphatic heterocycles. The summed E-state index contributed by atoms with van der Waals surface area (Å²) in [6, 6.07) is 14.6. The fraction of sp³-hybridized carbons (Fsp3) is 0.409. The summed E-state index contributed by atoms with van der Waals surface area (Å²) < 4.78 is 27.2. The van der Waals surface area contributed by atoms with Crippen LogP contribution >= 0.6 is 11.6 Å². The van der Waals surface area contributed by atoms with Gasteiger partial charge in [0.05, 0.1) is 11.2 Å². The highest BCUT2D eigenvalue weighted by atomic mass is 35.5. The third kappa shape index (κ3) is 5.18. The normalized spacial score (nSPS) is 15.7. The summed E-state index contributed by atoms with van der Waals surface area (Å²) in [5, 5.41) is 3.68. The molecule has 0 saturated heterocycles. The van der Waals surface area contributed by atoms with E-state index in [4.69, 9.17) is 11.6 Å². The fourth-order valence-electron chi connectivity index (χ4n) is 3.77. The Morgan fingerprint density at radius 3 is 2.24 bits per heavy atom. The van der Waals surface area contributed by atoms with Crippen LogP contribution in [0, 0.1) is 0 Å². The number of rotatable bonds is 8. The smallest absolute Gasteiger partial charge is 0.230 e. The molecular formula is C22H27ClN2O3S. The molecule has 1 aliphatic carbocycles. The van der Waals surface area contributed by atoms with Crippen molar-refractivity contribution in [3.05, 3.63) is 70.2 Å². The van der Waals surface area contributed by atoms with E-state index in [1.54, 1.807) is 19.9 Å². The summed E-state index contributed by atoms with van der Waals surface area (Å²) in [4.78, 5) is 13.1. The Kier molecular flexibility index (Phi) is 6.66. The van der Waals surface area contributed by atoms with E-state index in [2.05, 4.69) is 10.0 Å². The van der Waals surface area contributed by atoms with Gasteiger partial charge in [0, 0.05) is 17.6 Å². The fourth-order valence-corrected chi connectivity index (χ4v) is 5.39. The number of halogens is 1. The van der Waals surface area contributed by atoms with E-state index < -0.39 is 15.4 Å². The second-order valence-corrected chi connectivity index (χ2v) is 10.1. The van der Waals surface area contributed by atoms with Crippen molar-refractivity contribution in [2.24, 2.45) is 0 Å². The van der Waals surface area contributed by atoms with Gasteiger partial charge in [0.1, 0.15) is 0 Å². The van der Waals surface area contributed by atoms with Crippen LogP contribution in [0.1, 0.15) is 49.8 Å². The van der Waals surface area contributed by atoms with Gasteiger partial charge in [-0.25, -0.2) is 13.1 Å². The first-order valence-electron chi connectivity index (χ1n) is 9.83. The van der Waals surface area contributed by atoms with E-state index in [-0.39, 0.29) is 17.7 Å². The zero-order valence-corrected chi connectivity index (χ0v) is 18.3. The Labute approximate surface area is 177 Å². The summed E-state index contributed by atoms with van der Waals surface area (Å²) in [7, 11) is -3.44. The van der Waals surface area contributed by atoms with Crippen molar-refractivity contribution in [2.75, 3.05) is 0 Å². The van der Waals surface area contributed by atoms with Crippen LogP contribution in [0.25, 0.3) is 0 Å². The topological polar surface area (TPSA) is 75.3 Å². The summed E-state index contributed by atoms with van der Waals surface area (Å²) >= 11 is 5.99. The maximum atomic E-state index is 13.1. The van der Waals surface area contributed by atoms with Gasteiger partial charge < -0.3 is 5.32 Å². The summed E-state index contributed by atoms with van der Waals surface area (Å²) in [6.07, 6.45) is 2.61. The van der Waals surface area contributed by atoms with Crippen molar-refractivity contribution in [1.82, 2.24) is 10.0 Å². The highest BCUT2D eigenvalue weighted by Crippen LogP contribution is 2.44. The van der Waals surface area contributed by atoms with Crippen LogP contribution in [0.4, 0.5) is 0 Å². The van der Waals surface area contributed by atoms with Crippen molar-refractivity contribution >= 4 is 27.5 Å². The highest BCUT2D eigenvalue weighted by Gasteiger charge is 2.45. The van der Waals surface area contributed by atoms with Crippen LogP contribution in [0.15, 0.2) is 48.5 Å². The molecule has 7 heteroatoms. The molecule has 1 aliphatic rings. The lowest BCUT2D eigenvalue weighted by Crippen LogP contribution is -2.49. The first kappa shape index (κ1) is 21.8. The van der Waals surface area contributed by atoms with Gasteiger partial charge in [-0.3, -0.25) is 4.79 Å². The minimum Gasteiger partial charge on any atom is -0.351 e. The molecule has 0 atom stereocenters. The highest BCUT2D eigenvalue weighted by molar-refractivity contribution is 7.88. The van der Waals surface area contributed by atoms with Crippen LogP contribution < -0.4 is 10.0 Å². The maximum Gasteiger partial charge on any atom is 0.230 e. The molecular weight excluding hydrogens is 408 g/mol. The number of hydrogen-bond donors (Lipinski definition) is 2. The van der Waals surface area contributed by atoms with Gasteiger partial charge in [-0.15, -0.1) is 0 Å². The third-order valence-corrected chi connectivity index (χ3v) is 7.13. The number of nitrogens with one attached hydrogen (secondary N) is 2. The Hall–Kier alpha value is -1.89. The molecule has 0 heterocycles. The molecule has 0 radical (unpaired) electrons. The molecule has 2 aromatic rings. The quantitative estimate of drug-likeness (QED) is 0.661. The molecule has 0 aromatic heterocycles. The summed E-state index contributed by atoms with van der Waals surface area (Å²) in [6.45, 7) is 3.87. The summed E-state index contributed by atoms with van der Waals surface area (Å²) in [5.41, 5.74) is 1.95. The molecule has 0 unspecified atom stereocenters. The van der Waals surface area contributed by atoms with Crippen LogP contribution in [0.2, 0.25) is 5.02 Å². The molecule has 3 rings (SSSR count). The van der Waals surface area contributed by atoms with Gasteiger partial charge in [-0.2, -0.15) is 0 Å². The molecule has 0 bridgehead atoms. The lowest BCUT2D eigenvalue weighted by atomic mass is 9.64. The number of carbonyl (C=O) groups excluding carboxylic acids is 1. The van der Waals surface area contributed by atoms with Gasteiger partial charge in [0.2, 0.25) is 15.9 Å². The number of hydrogen-bond acceptors (Lipinski definition) is 3. The Morgan fingerprint density at radius 2 is 1.69 bits per heavy atom. The number of carbonyl (C=O) groups is 1. The average Bonchev–Trinajstić information content (AvgIpc) is 2.60. The lowest BCUT2D eigenvalue weighted by Gasteiger charge is -2.40. The Morgan fingerprint density at radius 1 is 1.07 bits per heavy atom. The van der Waals surface area contributed by atoms with Gasteiger partial charge in [0.15, 0.2) is 0 Å². The van der Waals surface area contributed by atoms with Crippen molar-refractivity contribution in [2.45, 2.75) is 56.9 Å². The molecule has 5 nitrogen and oxygen atoms in total. The zero-order chi connectivity index (χ0) is 21.1. The number of benzene rings is 2. The second-order valence-electron chi connectivity index (χ2n) is 7.93. The lowest BCUT2D eigenvalue weighted by molar-refractivity contribution is -0.130. The van der Waals surface area contributed by atoms with E-state index in [1.165, 1.54) is 0 Å². The van der Waals surface area contributed by atoms with E-state index in [0.29, 0.717) is 17.1 Å². The van der Waals surface area contributed by atoms with E-state index in [1.807, 2.05) is 42.5 Å². The molecule has 1 saturated carbocycles. The van der Waals surface area contributed by atoms with E-state index >= 15 is 0 Å². The van der Waals surface area contributed by atoms with Crippen molar-refractivity contribution < 1.29 is 13.2 Å². The maximum absolute atomic E-state index is 13.1. The molecule has 2 aromatic carbocycles. The minimum atomic E-state index is -3.44. The molecule has 29 heavy (non-hydrogen) atoms. The van der Waals surface area contributed by atoms with Gasteiger partial charge in [0.25, 0.3) is 0 Å². The molecule has 0 spiro atoms. The Bertz CT molecular complexity index is 968. The van der Waals surface area contributed by atoms with Crippen molar-refractivity contribution in [3.8, 4) is 0 Å². The molecule has 1 amide bonds. The molecule has 1 fully saturated rings. The van der Waals surface area contributed by atoms with Crippen LogP contribution in [-0.2, 0) is 32.5 Å². The van der Waals surface area contributed by atoms with Crippen LogP contribution in [0.3, 0.4) is 0 Å².